The lowest BCUT2D eigenvalue weighted by Gasteiger charge is -1.98. The number of nitrogens with two attached hydrogens (primary N) is 1. The largest absolute Gasteiger partial charge is 0.399 e. The fourth-order valence-corrected chi connectivity index (χ4v) is 2.34. The molecule has 104 valence electrons. The van der Waals surface area contributed by atoms with Gasteiger partial charge in [-0.2, -0.15) is 0 Å². The van der Waals surface area contributed by atoms with Crippen LogP contribution in [0.1, 0.15) is 20.8 Å². The Kier molecular flexibility index (Phi) is 16.9. The van der Waals surface area contributed by atoms with Gasteiger partial charge in [-0.3, -0.25) is 4.79 Å². The first kappa shape index (κ1) is 20.3. The minimum Gasteiger partial charge on any atom is -0.399 e. The highest BCUT2D eigenvalue weighted by atomic mass is 35.5. The smallest absolute Gasteiger partial charge is 0.236 e. The maximum absolute atomic E-state index is 9.45. The topological polar surface area (TPSA) is 43.1 Å². The number of alkyl halides is 1. The molecule has 0 saturated carbocycles. The number of carbonyl (C=O) groups is 1. The second-order valence-electron chi connectivity index (χ2n) is 2.55. The summed E-state index contributed by atoms with van der Waals surface area (Å²) < 4.78 is 0. The van der Waals surface area contributed by atoms with Gasteiger partial charge >= 0.3 is 0 Å². The Bertz CT molecular complexity index is 325. The predicted octanol–water partition coefficient (Wildman–Crippen LogP) is 5.05. The van der Waals surface area contributed by atoms with Crippen molar-refractivity contribution in [2.75, 3.05) is 17.4 Å². The van der Waals surface area contributed by atoms with Gasteiger partial charge in [-0.1, -0.05) is 48.4 Å². The number of carbonyl (C=O) groups excluding carboxylic acids is 1. The van der Waals surface area contributed by atoms with E-state index >= 15 is 0 Å². The lowest BCUT2D eigenvalue weighted by Crippen LogP contribution is -1.82. The maximum Gasteiger partial charge on any atom is 0.236 e. The molecule has 0 aliphatic rings. The quantitative estimate of drug-likeness (QED) is 0.364. The molecule has 0 radical (unpaired) electrons. The van der Waals surface area contributed by atoms with Crippen molar-refractivity contribution in [1.82, 2.24) is 0 Å². The van der Waals surface area contributed by atoms with Crippen molar-refractivity contribution < 1.29 is 4.79 Å². The minimum absolute atomic E-state index is 0.0957. The number of nitrogen functional groups attached to an aromatic ring is 1. The fourth-order valence-electron chi connectivity index (χ4n) is 0.693. The van der Waals surface area contributed by atoms with Crippen LogP contribution in [0.4, 0.5) is 5.69 Å². The van der Waals surface area contributed by atoms with E-state index in [2.05, 4.69) is 13.0 Å². The molecule has 1 rings (SSSR count). The minimum atomic E-state index is -0.508. The van der Waals surface area contributed by atoms with E-state index in [0.29, 0.717) is 0 Å². The molecule has 0 amide bonds. The molecule has 2 N–H and O–H groups in total. The summed E-state index contributed by atoms with van der Waals surface area (Å²) in [5.74, 6) is 1.03. The summed E-state index contributed by atoms with van der Waals surface area (Å²) in [6.07, 6.45) is 0. The van der Waals surface area contributed by atoms with Gasteiger partial charge in [-0.25, -0.2) is 0 Å². The van der Waals surface area contributed by atoms with Crippen molar-refractivity contribution in [1.29, 1.82) is 0 Å². The molecule has 2 nitrogen and oxygen atoms in total. The first-order valence-corrected chi connectivity index (χ1v) is 8.72. The summed E-state index contributed by atoms with van der Waals surface area (Å²) in [7, 11) is 3.60. The van der Waals surface area contributed by atoms with E-state index in [-0.39, 0.29) is 5.88 Å². The van der Waals surface area contributed by atoms with E-state index in [4.69, 9.17) is 28.9 Å². The highest BCUT2D eigenvalue weighted by molar-refractivity contribution is 8.76. The predicted molar refractivity (Wildman–Crippen MR) is 87.8 cm³/mol. The normalized spacial score (nSPS) is 8.50. The van der Waals surface area contributed by atoms with Crippen molar-refractivity contribution in [3.05, 3.63) is 24.3 Å². The van der Waals surface area contributed by atoms with Gasteiger partial charge in [0, 0.05) is 16.3 Å². The molecule has 0 atom stereocenters. The standard InChI is InChI=1S/C8H11NS2.C2H2Cl2O.C2H6/c1-2-10-11-8-5-3-4-7(9)6-8;3-1-2(4)5;1-2/h3-6H,2,9H2,1H3;1H2;1-2H3. The molecule has 1 aromatic rings. The molecule has 0 aromatic heterocycles. The fraction of sp³-hybridized carbons (Fsp3) is 0.417. The zero-order chi connectivity index (χ0) is 14.4. The van der Waals surface area contributed by atoms with Crippen LogP contribution < -0.4 is 5.73 Å². The van der Waals surface area contributed by atoms with Crippen LogP contribution in [0.3, 0.4) is 0 Å². The molecule has 0 saturated heterocycles. The molecule has 0 heterocycles. The van der Waals surface area contributed by atoms with Crippen LogP contribution in [0.5, 0.6) is 0 Å². The molecule has 0 spiro atoms. The zero-order valence-electron chi connectivity index (χ0n) is 10.8. The summed E-state index contributed by atoms with van der Waals surface area (Å²) in [4.78, 5) is 10.7. The van der Waals surface area contributed by atoms with Gasteiger partial charge in [0.05, 0.1) is 5.88 Å². The molecule has 6 heteroatoms. The molecule has 1 aromatic carbocycles. The Labute approximate surface area is 127 Å². The molecular weight excluding hydrogens is 309 g/mol. The van der Waals surface area contributed by atoms with Crippen molar-refractivity contribution in [3.63, 3.8) is 0 Å². The third-order valence-electron chi connectivity index (χ3n) is 1.24. The van der Waals surface area contributed by atoms with Gasteiger partial charge in [0.15, 0.2) is 0 Å². The van der Waals surface area contributed by atoms with Crippen LogP contribution in [0.15, 0.2) is 29.2 Å². The van der Waals surface area contributed by atoms with Gasteiger partial charge in [0.25, 0.3) is 0 Å². The molecule has 0 aliphatic carbocycles. The molecular formula is C12H19Cl2NOS2. The third-order valence-corrected chi connectivity index (χ3v) is 4.19. The second kappa shape index (κ2) is 15.0. The maximum atomic E-state index is 9.45. The van der Waals surface area contributed by atoms with Crippen molar-refractivity contribution in [2.45, 2.75) is 25.7 Å². The number of rotatable bonds is 4. The van der Waals surface area contributed by atoms with Crippen molar-refractivity contribution >= 4 is 55.7 Å². The molecule has 0 bridgehead atoms. The van der Waals surface area contributed by atoms with E-state index < -0.39 is 5.24 Å². The molecule has 0 unspecified atom stereocenters. The lowest BCUT2D eigenvalue weighted by molar-refractivity contribution is -0.109. The average Bonchev–Trinajstić information content (AvgIpc) is 2.39. The summed E-state index contributed by atoms with van der Waals surface area (Å²) in [6.45, 7) is 6.14. The average molecular weight is 328 g/mol. The third kappa shape index (κ3) is 14.0. The molecule has 18 heavy (non-hydrogen) atoms. The van der Waals surface area contributed by atoms with Crippen LogP contribution in [0.25, 0.3) is 0 Å². The summed E-state index contributed by atoms with van der Waals surface area (Å²) in [6, 6.07) is 7.95. The van der Waals surface area contributed by atoms with Crippen LogP contribution in [-0.2, 0) is 4.79 Å². The van der Waals surface area contributed by atoms with Crippen LogP contribution in [0, 0.1) is 0 Å². The van der Waals surface area contributed by atoms with Crippen LogP contribution >= 0.6 is 44.8 Å². The lowest BCUT2D eigenvalue weighted by atomic mass is 10.3. The van der Waals surface area contributed by atoms with Gasteiger partial charge in [0.2, 0.25) is 5.24 Å². The summed E-state index contributed by atoms with van der Waals surface area (Å²) in [5.41, 5.74) is 6.45. The molecule has 0 aliphatic heterocycles. The SMILES string of the molecule is CC.CCSSc1cccc(N)c1.O=C(Cl)CCl. The monoisotopic (exact) mass is 327 g/mol. The Balaban J connectivity index is 0. The summed E-state index contributed by atoms with van der Waals surface area (Å²) >= 11 is 9.55. The van der Waals surface area contributed by atoms with E-state index in [9.17, 15) is 4.79 Å². The van der Waals surface area contributed by atoms with E-state index in [0.717, 1.165) is 11.4 Å². The Morgan fingerprint density at radius 1 is 1.39 bits per heavy atom. The molecule has 0 fully saturated rings. The highest BCUT2D eigenvalue weighted by Crippen LogP contribution is 2.31. The number of anilines is 1. The second-order valence-corrected chi connectivity index (χ2v) is 5.90. The van der Waals surface area contributed by atoms with Crippen molar-refractivity contribution in [3.8, 4) is 0 Å². The number of hydrogen-bond acceptors (Lipinski definition) is 4. The zero-order valence-corrected chi connectivity index (χ0v) is 13.9. The number of hydrogen-bond donors (Lipinski definition) is 1. The number of benzene rings is 1. The Morgan fingerprint density at radius 3 is 2.33 bits per heavy atom. The van der Waals surface area contributed by atoms with Gasteiger partial charge < -0.3 is 5.73 Å². The number of halogens is 2. The van der Waals surface area contributed by atoms with E-state index in [1.54, 1.807) is 10.8 Å². The van der Waals surface area contributed by atoms with E-state index in [1.165, 1.54) is 4.90 Å². The summed E-state index contributed by atoms with van der Waals surface area (Å²) in [5, 5.41) is -0.508. The highest BCUT2D eigenvalue weighted by Gasteiger charge is 1.92. The van der Waals surface area contributed by atoms with E-state index in [1.807, 2.05) is 42.8 Å². The Hall–Kier alpha value is -0.0300. The van der Waals surface area contributed by atoms with Crippen molar-refractivity contribution in [2.24, 2.45) is 0 Å². The van der Waals surface area contributed by atoms with Gasteiger partial charge in [-0.15, -0.1) is 11.6 Å². The Morgan fingerprint density at radius 2 is 1.94 bits per heavy atom. The van der Waals surface area contributed by atoms with Gasteiger partial charge in [0.1, 0.15) is 0 Å². The first-order valence-electron chi connectivity index (χ1n) is 5.49. The van der Waals surface area contributed by atoms with Crippen LogP contribution in [-0.4, -0.2) is 16.9 Å². The van der Waals surface area contributed by atoms with Crippen LogP contribution in [0.2, 0.25) is 0 Å². The van der Waals surface area contributed by atoms with Gasteiger partial charge in [-0.05, 0) is 29.8 Å². The first-order chi connectivity index (χ1) is 8.60.